The molecule has 1 aliphatic rings. The van der Waals surface area contributed by atoms with Gasteiger partial charge in [-0.25, -0.2) is 0 Å². The minimum atomic E-state index is -0.100. The van der Waals surface area contributed by atoms with Crippen molar-refractivity contribution in [2.24, 2.45) is 0 Å². The van der Waals surface area contributed by atoms with Crippen molar-refractivity contribution in [1.29, 1.82) is 0 Å². The first-order valence-corrected chi connectivity index (χ1v) is 6.45. The second-order valence-corrected chi connectivity index (χ2v) is 4.59. The topological polar surface area (TPSA) is 63.1 Å². The van der Waals surface area contributed by atoms with Gasteiger partial charge < -0.3 is 15.2 Å². The van der Waals surface area contributed by atoms with Crippen molar-refractivity contribution < 1.29 is 4.79 Å². The lowest BCUT2D eigenvalue weighted by atomic mass is 10.2. The highest BCUT2D eigenvalue weighted by Crippen LogP contribution is 2.09. The third kappa shape index (κ3) is 4.08. The van der Waals surface area contributed by atoms with Gasteiger partial charge in [0, 0.05) is 18.8 Å². The second-order valence-electron chi connectivity index (χ2n) is 4.59. The van der Waals surface area contributed by atoms with E-state index in [9.17, 15) is 9.59 Å². The van der Waals surface area contributed by atoms with Gasteiger partial charge in [-0.1, -0.05) is 6.92 Å². The number of carbonyl (C=O) groups excluding carboxylic acids is 1. The largest absolute Gasteiger partial charge is 0.323 e. The zero-order chi connectivity index (χ0) is 13.0. The van der Waals surface area contributed by atoms with Crippen LogP contribution in [-0.4, -0.2) is 23.1 Å². The van der Waals surface area contributed by atoms with E-state index in [1.807, 2.05) is 6.92 Å². The Morgan fingerprint density at radius 3 is 2.95 bits per heavy atom. The predicted molar refractivity (Wildman–Crippen MR) is 77.9 cm³/mol. The lowest BCUT2D eigenvalue weighted by Gasteiger charge is -2.12. The Balaban J connectivity index is 0.00000180. The Labute approximate surface area is 118 Å². The minimum Gasteiger partial charge on any atom is -0.323 e. The van der Waals surface area contributed by atoms with Crippen molar-refractivity contribution >= 4 is 24.0 Å². The maximum absolute atomic E-state index is 11.9. The maximum atomic E-state index is 11.9. The van der Waals surface area contributed by atoms with Crippen LogP contribution in [0, 0.1) is 0 Å². The van der Waals surface area contributed by atoms with Crippen molar-refractivity contribution in [2.75, 3.05) is 11.9 Å². The van der Waals surface area contributed by atoms with E-state index in [1.165, 1.54) is 6.07 Å². The quantitative estimate of drug-likeness (QED) is 0.878. The SMILES string of the molecule is CCCn1cc(NC(=O)C2CCCN2)ccc1=O.Cl. The molecule has 2 rings (SSSR count). The van der Waals surface area contributed by atoms with Crippen LogP contribution in [0.3, 0.4) is 0 Å². The Morgan fingerprint density at radius 2 is 2.32 bits per heavy atom. The fourth-order valence-corrected chi connectivity index (χ4v) is 2.16. The van der Waals surface area contributed by atoms with E-state index >= 15 is 0 Å². The highest BCUT2D eigenvalue weighted by atomic mass is 35.5. The molecule has 0 spiro atoms. The number of halogens is 1. The van der Waals surface area contributed by atoms with Gasteiger partial charge in [0.2, 0.25) is 5.91 Å². The molecule has 1 atom stereocenters. The minimum absolute atomic E-state index is 0. The molecule has 1 saturated heterocycles. The van der Waals surface area contributed by atoms with Gasteiger partial charge in [-0.05, 0) is 31.9 Å². The molecule has 19 heavy (non-hydrogen) atoms. The monoisotopic (exact) mass is 285 g/mol. The van der Waals surface area contributed by atoms with E-state index in [4.69, 9.17) is 0 Å². The molecule has 1 unspecified atom stereocenters. The van der Waals surface area contributed by atoms with E-state index in [-0.39, 0.29) is 29.9 Å². The lowest BCUT2D eigenvalue weighted by molar-refractivity contribution is -0.117. The number of aromatic nitrogens is 1. The van der Waals surface area contributed by atoms with Gasteiger partial charge >= 0.3 is 0 Å². The van der Waals surface area contributed by atoms with Crippen LogP contribution in [0.1, 0.15) is 26.2 Å². The summed E-state index contributed by atoms with van der Waals surface area (Å²) in [6.07, 6.45) is 4.51. The molecular formula is C13H20ClN3O2. The van der Waals surface area contributed by atoms with Crippen LogP contribution in [-0.2, 0) is 11.3 Å². The third-order valence-electron chi connectivity index (χ3n) is 3.09. The number of nitrogens with zero attached hydrogens (tertiary/aromatic N) is 1. The number of hydrogen-bond donors (Lipinski definition) is 2. The van der Waals surface area contributed by atoms with Gasteiger partial charge in [0.15, 0.2) is 0 Å². The number of rotatable bonds is 4. The van der Waals surface area contributed by atoms with Gasteiger partial charge in [-0.3, -0.25) is 9.59 Å². The standard InChI is InChI=1S/C13H19N3O2.ClH/c1-2-8-16-9-10(5-6-12(16)17)15-13(18)11-4-3-7-14-11;/h5-6,9,11,14H,2-4,7-8H2,1H3,(H,15,18);1H. The molecule has 0 aliphatic carbocycles. The zero-order valence-electron chi connectivity index (χ0n) is 11.0. The molecule has 2 N–H and O–H groups in total. The molecule has 1 aromatic rings. The molecule has 0 aromatic carbocycles. The summed E-state index contributed by atoms with van der Waals surface area (Å²) in [5.74, 6) is -0.0193. The smallest absolute Gasteiger partial charge is 0.250 e. The average molecular weight is 286 g/mol. The predicted octanol–water partition coefficient (Wildman–Crippen LogP) is 1.37. The van der Waals surface area contributed by atoms with Gasteiger partial charge in [0.05, 0.1) is 11.7 Å². The summed E-state index contributed by atoms with van der Waals surface area (Å²) in [4.78, 5) is 23.4. The Bertz CT molecular complexity index is 481. The van der Waals surface area contributed by atoms with E-state index in [1.54, 1.807) is 16.8 Å². The Morgan fingerprint density at radius 1 is 1.53 bits per heavy atom. The molecule has 0 saturated carbocycles. The molecule has 2 heterocycles. The van der Waals surface area contributed by atoms with Crippen LogP contribution in [0.25, 0.3) is 0 Å². The van der Waals surface area contributed by atoms with Crippen LogP contribution in [0.2, 0.25) is 0 Å². The van der Waals surface area contributed by atoms with Crippen LogP contribution in [0.5, 0.6) is 0 Å². The van der Waals surface area contributed by atoms with Crippen molar-refractivity contribution in [1.82, 2.24) is 9.88 Å². The number of carbonyl (C=O) groups is 1. The molecule has 5 nitrogen and oxygen atoms in total. The number of aryl methyl sites for hydroxylation is 1. The van der Waals surface area contributed by atoms with Crippen LogP contribution >= 0.6 is 12.4 Å². The van der Waals surface area contributed by atoms with Gasteiger partial charge in [0.1, 0.15) is 0 Å². The highest BCUT2D eigenvalue weighted by Gasteiger charge is 2.21. The molecule has 1 amide bonds. The van der Waals surface area contributed by atoms with Crippen LogP contribution in [0.15, 0.2) is 23.1 Å². The molecule has 6 heteroatoms. The number of nitrogens with one attached hydrogen (secondary N) is 2. The van der Waals surface area contributed by atoms with Crippen molar-refractivity contribution in [2.45, 2.75) is 38.8 Å². The maximum Gasteiger partial charge on any atom is 0.250 e. The molecule has 1 fully saturated rings. The number of hydrogen-bond acceptors (Lipinski definition) is 3. The molecule has 1 aromatic heterocycles. The molecular weight excluding hydrogens is 266 g/mol. The lowest BCUT2D eigenvalue weighted by Crippen LogP contribution is -2.35. The number of pyridine rings is 1. The van der Waals surface area contributed by atoms with Crippen molar-refractivity contribution in [3.05, 3.63) is 28.7 Å². The normalized spacial score (nSPS) is 17.8. The van der Waals surface area contributed by atoms with Gasteiger partial charge in [0.25, 0.3) is 5.56 Å². The fourth-order valence-electron chi connectivity index (χ4n) is 2.16. The zero-order valence-corrected chi connectivity index (χ0v) is 11.8. The summed E-state index contributed by atoms with van der Waals surface area (Å²) in [5.41, 5.74) is 0.649. The molecule has 0 bridgehead atoms. The number of amides is 1. The van der Waals surface area contributed by atoms with Crippen LogP contribution in [0.4, 0.5) is 5.69 Å². The Hall–Kier alpha value is -1.33. The van der Waals surface area contributed by atoms with E-state index in [0.717, 1.165) is 25.8 Å². The summed E-state index contributed by atoms with van der Waals surface area (Å²) in [6, 6.07) is 3.05. The first kappa shape index (κ1) is 15.7. The summed E-state index contributed by atoms with van der Waals surface area (Å²) in [7, 11) is 0. The van der Waals surface area contributed by atoms with Gasteiger partial charge in [-0.2, -0.15) is 0 Å². The highest BCUT2D eigenvalue weighted by molar-refractivity contribution is 5.94. The van der Waals surface area contributed by atoms with E-state index in [2.05, 4.69) is 10.6 Å². The number of anilines is 1. The molecule has 106 valence electrons. The fraction of sp³-hybridized carbons (Fsp3) is 0.538. The second kappa shape index (κ2) is 7.31. The summed E-state index contributed by atoms with van der Waals surface area (Å²) in [5, 5.41) is 6.00. The van der Waals surface area contributed by atoms with E-state index < -0.39 is 0 Å². The van der Waals surface area contributed by atoms with Gasteiger partial charge in [-0.15, -0.1) is 12.4 Å². The molecule has 0 radical (unpaired) electrons. The first-order chi connectivity index (χ1) is 8.70. The third-order valence-corrected chi connectivity index (χ3v) is 3.09. The Kier molecular flexibility index (Phi) is 6.05. The first-order valence-electron chi connectivity index (χ1n) is 6.45. The van der Waals surface area contributed by atoms with Crippen LogP contribution < -0.4 is 16.2 Å². The summed E-state index contributed by atoms with van der Waals surface area (Å²) >= 11 is 0. The van der Waals surface area contributed by atoms with Crippen molar-refractivity contribution in [3.8, 4) is 0 Å². The summed E-state index contributed by atoms with van der Waals surface area (Å²) in [6.45, 7) is 3.58. The average Bonchev–Trinajstić information content (AvgIpc) is 2.87. The summed E-state index contributed by atoms with van der Waals surface area (Å²) < 4.78 is 1.62. The molecule has 1 aliphatic heterocycles. The van der Waals surface area contributed by atoms with Crippen molar-refractivity contribution in [3.63, 3.8) is 0 Å². The van der Waals surface area contributed by atoms with E-state index in [0.29, 0.717) is 12.2 Å².